The van der Waals surface area contributed by atoms with Crippen molar-refractivity contribution in [1.29, 1.82) is 0 Å². The minimum absolute atomic E-state index is 0.335. The fraction of sp³-hybridized carbons (Fsp3) is 0.462. The fourth-order valence-electron chi connectivity index (χ4n) is 1.83. The second kappa shape index (κ2) is 6.35. The van der Waals surface area contributed by atoms with E-state index < -0.39 is 8.07 Å². The Morgan fingerprint density at radius 2 is 1.89 bits per heavy atom. The Balaban J connectivity index is 3.16. The lowest BCUT2D eigenvalue weighted by Crippen LogP contribution is -2.47. The van der Waals surface area contributed by atoms with E-state index >= 15 is 0 Å². The minimum atomic E-state index is -1.52. The van der Waals surface area contributed by atoms with Gasteiger partial charge in [-0.3, -0.25) is 0 Å². The van der Waals surface area contributed by atoms with E-state index in [2.05, 4.69) is 48.2 Å². The highest BCUT2D eigenvalue weighted by atomic mass is 79.9. The van der Waals surface area contributed by atoms with Crippen LogP contribution in [0, 0.1) is 17.3 Å². The highest BCUT2D eigenvalue weighted by Gasteiger charge is 2.24. The summed E-state index contributed by atoms with van der Waals surface area (Å²) in [6.45, 7) is 6.56. The third-order valence-electron chi connectivity index (χ3n) is 3.51. The molecule has 18 heavy (non-hydrogen) atoms. The molecule has 2 nitrogen and oxygen atoms in total. The molecular weight excluding hydrogens is 311 g/mol. The number of nitrogens with two attached hydrogens (primary N) is 1. The summed E-state index contributed by atoms with van der Waals surface area (Å²) in [5.41, 5.74) is 3.91. The van der Waals surface area contributed by atoms with Crippen molar-refractivity contribution in [2.24, 2.45) is 0 Å². The molecule has 0 aliphatic rings. The Morgan fingerprint density at radius 3 is 2.39 bits per heavy atom. The lowest BCUT2D eigenvalue weighted by Gasteiger charge is -2.19. The molecule has 0 saturated heterocycles. The maximum atomic E-state index is 13.5. The van der Waals surface area contributed by atoms with Crippen molar-refractivity contribution in [2.75, 3.05) is 5.84 Å². The van der Waals surface area contributed by atoms with Gasteiger partial charge in [0, 0.05) is 0 Å². The lowest BCUT2D eigenvalue weighted by molar-refractivity contribution is -0.642. The van der Waals surface area contributed by atoms with Crippen molar-refractivity contribution in [2.45, 2.75) is 38.9 Å². The molecule has 2 N–H and O–H groups in total. The Kier molecular flexibility index (Phi) is 5.36. The lowest BCUT2D eigenvalue weighted by atomic mass is 10.3. The standard InChI is InChI=1S/C13H19BrFN2Si/c1-4-18(5-2,6-3)8-7-11-9-13(15)12(14)10-17(11)16/h9-10H,4-6,16H2,1-3H3/q+1. The van der Waals surface area contributed by atoms with Gasteiger partial charge >= 0.3 is 0 Å². The SMILES string of the molecule is CC[Si](C#Cc1cc(F)c(Br)c[n+]1N)(CC)CC. The van der Waals surface area contributed by atoms with Crippen molar-refractivity contribution in [3.63, 3.8) is 0 Å². The van der Waals surface area contributed by atoms with E-state index in [0.29, 0.717) is 10.2 Å². The Hall–Kier alpha value is -0.863. The number of pyridine rings is 1. The van der Waals surface area contributed by atoms with Gasteiger partial charge in [0.1, 0.15) is 12.5 Å². The third kappa shape index (κ3) is 3.33. The smallest absolute Gasteiger partial charge is 0.205 e. The van der Waals surface area contributed by atoms with Crippen LogP contribution < -0.4 is 10.5 Å². The van der Waals surface area contributed by atoms with Crippen LogP contribution in [0.2, 0.25) is 18.1 Å². The number of hydrogen-bond donors (Lipinski definition) is 1. The predicted octanol–water partition coefficient (Wildman–Crippen LogP) is 2.99. The van der Waals surface area contributed by atoms with E-state index in [1.807, 2.05) is 0 Å². The average molecular weight is 330 g/mol. The normalized spacial score (nSPS) is 10.9. The van der Waals surface area contributed by atoms with Gasteiger partial charge in [0.25, 0.3) is 5.69 Å². The van der Waals surface area contributed by atoms with Gasteiger partial charge < -0.3 is 0 Å². The quantitative estimate of drug-likeness (QED) is 0.393. The second-order valence-corrected chi connectivity index (χ2v) is 10.1. The molecule has 0 radical (unpaired) electrons. The van der Waals surface area contributed by atoms with E-state index in [1.54, 1.807) is 0 Å². The highest BCUT2D eigenvalue weighted by Crippen LogP contribution is 2.19. The molecule has 0 atom stereocenters. The first-order valence-corrected chi connectivity index (χ1v) is 9.58. The van der Waals surface area contributed by atoms with Crippen molar-refractivity contribution in [3.05, 3.63) is 28.2 Å². The number of aromatic nitrogens is 1. The van der Waals surface area contributed by atoms with Crippen molar-refractivity contribution < 1.29 is 9.07 Å². The summed E-state index contributed by atoms with van der Waals surface area (Å²) in [4.78, 5) is 0. The number of hydrogen-bond acceptors (Lipinski definition) is 1. The molecule has 0 saturated carbocycles. The number of rotatable bonds is 3. The topological polar surface area (TPSA) is 29.9 Å². The first kappa shape index (κ1) is 15.2. The van der Waals surface area contributed by atoms with Crippen LogP contribution in [-0.2, 0) is 0 Å². The number of nitrogens with zero attached hydrogens (tertiary/aromatic N) is 1. The summed E-state index contributed by atoms with van der Waals surface area (Å²) in [5.74, 6) is 8.51. The summed E-state index contributed by atoms with van der Waals surface area (Å²) < 4.78 is 15.2. The summed E-state index contributed by atoms with van der Waals surface area (Å²) >= 11 is 3.10. The van der Waals surface area contributed by atoms with E-state index in [4.69, 9.17) is 5.84 Å². The molecule has 5 heteroatoms. The van der Waals surface area contributed by atoms with Crippen molar-refractivity contribution >= 4 is 24.0 Å². The zero-order valence-corrected chi connectivity index (χ0v) is 13.6. The molecule has 1 rings (SSSR count). The molecule has 0 aliphatic heterocycles. The van der Waals surface area contributed by atoms with Crippen LogP contribution in [-0.4, -0.2) is 8.07 Å². The van der Waals surface area contributed by atoms with Gasteiger partial charge in [-0.2, -0.15) is 0 Å². The average Bonchev–Trinajstić information content (AvgIpc) is 2.37. The van der Waals surface area contributed by atoms with Crippen LogP contribution in [0.15, 0.2) is 16.7 Å². The number of halogens is 2. The third-order valence-corrected chi connectivity index (χ3v) is 8.81. The summed E-state index contributed by atoms with van der Waals surface area (Å²) in [7, 11) is -1.52. The van der Waals surface area contributed by atoms with E-state index in [0.717, 1.165) is 18.1 Å². The summed E-state index contributed by atoms with van der Waals surface area (Å²) in [6, 6.07) is 4.74. The largest absolute Gasteiger partial charge is 0.288 e. The molecule has 0 aromatic carbocycles. The highest BCUT2D eigenvalue weighted by molar-refractivity contribution is 9.10. The van der Waals surface area contributed by atoms with Gasteiger partial charge in [-0.15, -0.1) is 5.54 Å². The van der Waals surface area contributed by atoms with Gasteiger partial charge in [0.15, 0.2) is 5.82 Å². The van der Waals surface area contributed by atoms with Gasteiger partial charge in [-0.25, -0.2) is 10.2 Å². The van der Waals surface area contributed by atoms with Crippen LogP contribution in [0.25, 0.3) is 0 Å². The second-order valence-electron chi connectivity index (χ2n) is 4.35. The van der Waals surface area contributed by atoms with Gasteiger partial charge in [0.05, 0.1) is 6.07 Å². The molecule has 0 bridgehead atoms. The van der Waals surface area contributed by atoms with Gasteiger partial charge in [-0.05, 0) is 40.0 Å². The van der Waals surface area contributed by atoms with Gasteiger partial charge in [0.2, 0.25) is 6.20 Å². The molecule has 0 aliphatic carbocycles. The maximum Gasteiger partial charge on any atom is 0.288 e. The van der Waals surface area contributed by atoms with E-state index in [1.165, 1.54) is 16.9 Å². The zero-order valence-electron chi connectivity index (χ0n) is 11.1. The molecule has 1 aromatic rings. The van der Waals surface area contributed by atoms with Crippen molar-refractivity contribution in [3.8, 4) is 11.5 Å². The summed E-state index contributed by atoms with van der Waals surface area (Å²) in [5, 5.41) is 0. The Labute approximate surface area is 118 Å². The van der Waals surface area contributed by atoms with Crippen LogP contribution in [0.5, 0.6) is 0 Å². The predicted molar refractivity (Wildman–Crippen MR) is 78.5 cm³/mol. The van der Waals surface area contributed by atoms with E-state index in [-0.39, 0.29) is 5.82 Å². The first-order chi connectivity index (χ1) is 8.48. The fourth-order valence-corrected chi connectivity index (χ4v) is 4.59. The number of nitrogen functional groups attached to an aromatic ring is 1. The minimum Gasteiger partial charge on any atom is -0.205 e. The summed E-state index contributed by atoms with van der Waals surface area (Å²) in [6.07, 6.45) is 1.49. The molecule has 1 aromatic heterocycles. The van der Waals surface area contributed by atoms with Crippen LogP contribution >= 0.6 is 15.9 Å². The molecule has 1 heterocycles. The molecule has 0 spiro atoms. The molecular formula is C13H19BrFN2Si+. The van der Waals surface area contributed by atoms with Gasteiger partial charge in [-0.1, -0.05) is 25.4 Å². The van der Waals surface area contributed by atoms with Crippen molar-refractivity contribution in [1.82, 2.24) is 0 Å². The molecule has 0 fully saturated rings. The molecule has 0 unspecified atom stereocenters. The molecule has 98 valence electrons. The van der Waals surface area contributed by atoms with Crippen LogP contribution in [0.1, 0.15) is 26.5 Å². The Morgan fingerprint density at radius 1 is 1.33 bits per heavy atom. The Bertz CT molecular complexity index is 481. The monoisotopic (exact) mass is 329 g/mol. The van der Waals surface area contributed by atoms with Crippen LogP contribution in [0.3, 0.4) is 0 Å². The maximum absolute atomic E-state index is 13.5. The van der Waals surface area contributed by atoms with E-state index in [9.17, 15) is 4.39 Å². The zero-order chi connectivity index (χ0) is 13.8. The first-order valence-electron chi connectivity index (χ1n) is 6.17. The van der Waals surface area contributed by atoms with Crippen LogP contribution in [0.4, 0.5) is 4.39 Å². The molecule has 0 amide bonds.